The third kappa shape index (κ3) is 2.70. The van der Waals surface area contributed by atoms with E-state index >= 15 is 0 Å². The van der Waals surface area contributed by atoms with E-state index in [4.69, 9.17) is 5.73 Å². The van der Waals surface area contributed by atoms with Crippen LogP contribution < -0.4 is 11.1 Å². The SMILES string of the molecule is Cc1nccnc1NC1CCCCCC1N. The van der Waals surface area contributed by atoms with Crippen LogP contribution in [0.3, 0.4) is 0 Å². The predicted octanol–water partition coefficient (Wildman–Crippen LogP) is 1.86. The Labute approximate surface area is 96.7 Å². The first kappa shape index (κ1) is 11.3. The highest BCUT2D eigenvalue weighted by Crippen LogP contribution is 2.20. The molecular formula is C12H20N4. The lowest BCUT2D eigenvalue weighted by Gasteiger charge is -2.23. The molecular weight excluding hydrogens is 200 g/mol. The van der Waals surface area contributed by atoms with E-state index in [1.54, 1.807) is 12.4 Å². The number of hydrogen-bond donors (Lipinski definition) is 2. The van der Waals surface area contributed by atoms with Crippen LogP contribution in [0.25, 0.3) is 0 Å². The van der Waals surface area contributed by atoms with Gasteiger partial charge in [-0.3, -0.25) is 4.98 Å². The normalized spacial score (nSPS) is 26.1. The lowest BCUT2D eigenvalue weighted by atomic mass is 10.0. The minimum absolute atomic E-state index is 0.240. The van der Waals surface area contributed by atoms with Crippen molar-refractivity contribution in [3.05, 3.63) is 18.1 Å². The lowest BCUT2D eigenvalue weighted by molar-refractivity contribution is 0.526. The van der Waals surface area contributed by atoms with Crippen LogP contribution in [-0.4, -0.2) is 22.1 Å². The van der Waals surface area contributed by atoms with Crippen molar-refractivity contribution in [1.82, 2.24) is 9.97 Å². The zero-order chi connectivity index (χ0) is 11.4. The molecule has 0 bridgehead atoms. The molecule has 1 fully saturated rings. The van der Waals surface area contributed by atoms with E-state index in [0.717, 1.165) is 24.4 Å². The summed E-state index contributed by atoms with van der Waals surface area (Å²) < 4.78 is 0. The second kappa shape index (κ2) is 5.25. The van der Waals surface area contributed by atoms with E-state index in [1.165, 1.54) is 19.3 Å². The van der Waals surface area contributed by atoms with Crippen LogP contribution in [0.4, 0.5) is 5.82 Å². The fourth-order valence-electron chi connectivity index (χ4n) is 2.24. The molecule has 0 aromatic carbocycles. The Bertz CT molecular complexity index is 340. The molecule has 1 aliphatic carbocycles. The summed E-state index contributed by atoms with van der Waals surface area (Å²) in [5.74, 6) is 0.879. The summed E-state index contributed by atoms with van der Waals surface area (Å²) in [6.45, 7) is 1.97. The Hall–Kier alpha value is -1.16. The molecule has 0 saturated heterocycles. The fourth-order valence-corrected chi connectivity index (χ4v) is 2.24. The van der Waals surface area contributed by atoms with Gasteiger partial charge in [0.05, 0.1) is 5.69 Å². The Morgan fingerprint density at radius 1 is 1.19 bits per heavy atom. The highest BCUT2D eigenvalue weighted by atomic mass is 15.1. The molecule has 1 heterocycles. The monoisotopic (exact) mass is 220 g/mol. The van der Waals surface area contributed by atoms with Crippen molar-refractivity contribution in [3.63, 3.8) is 0 Å². The second-order valence-electron chi connectivity index (χ2n) is 4.54. The number of nitrogens with two attached hydrogens (primary N) is 1. The minimum Gasteiger partial charge on any atom is -0.364 e. The minimum atomic E-state index is 0.240. The van der Waals surface area contributed by atoms with Gasteiger partial charge in [0.1, 0.15) is 5.82 Å². The molecule has 4 nitrogen and oxygen atoms in total. The highest BCUT2D eigenvalue weighted by molar-refractivity contribution is 5.39. The van der Waals surface area contributed by atoms with Gasteiger partial charge in [-0.05, 0) is 19.8 Å². The summed E-state index contributed by atoms with van der Waals surface area (Å²) in [4.78, 5) is 8.54. The lowest BCUT2D eigenvalue weighted by Crippen LogP contribution is -2.39. The standard InChI is InChI=1S/C12H20N4/c1-9-12(15-8-7-14-9)16-11-6-4-2-3-5-10(11)13/h7-8,10-11H,2-6,13H2,1H3,(H,15,16). The van der Waals surface area contributed by atoms with Crippen molar-refractivity contribution >= 4 is 5.82 Å². The summed E-state index contributed by atoms with van der Waals surface area (Å²) in [6.07, 6.45) is 9.48. The maximum atomic E-state index is 6.17. The fraction of sp³-hybridized carbons (Fsp3) is 0.667. The number of anilines is 1. The first-order valence-electron chi connectivity index (χ1n) is 6.07. The summed E-state index contributed by atoms with van der Waals surface area (Å²) in [6, 6.07) is 0.585. The maximum absolute atomic E-state index is 6.17. The molecule has 3 N–H and O–H groups in total. The maximum Gasteiger partial charge on any atom is 0.147 e. The third-order valence-electron chi connectivity index (χ3n) is 3.27. The largest absolute Gasteiger partial charge is 0.364 e. The predicted molar refractivity (Wildman–Crippen MR) is 65.2 cm³/mol. The topological polar surface area (TPSA) is 63.8 Å². The Morgan fingerprint density at radius 2 is 1.94 bits per heavy atom. The molecule has 2 unspecified atom stereocenters. The molecule has 1 aromatic heterocycles. The summed E-state index contributed by atoms with van der Waals surface area (Å²) in [5, 5.41) is 3.44. The van der Waals surface area contributed by atoms with Crippen LogP contribution in [0.2, 0.25) is 0 Å². The molecule has 0 radical (unpaired) electrons. The van der Waals surface area contributed by atoms with Crippen molar-refractivity contribution < 1.29 is 0 Å². The van der Waals surface area contributed by atoms with Gasteiger partial charge in [-0.15, -0.1) is 0 Å². The third-order valence-corrected chi connectivity index (χ3v) is 3.27. The first-order chi connectivity index (χ1) is 7.77. The number of nitrogens with one attached hydrogen (secondary N) is 1. The van der Waals surface area contributed by atoms with Gasteiger partial charge in [0.15, 0.2) is 0 Å². The van der Waals surface area contributed by atoms with Crippen LogP contribution >= 0.6 is 0 Å². The van der Waals surface area contributed by atoms with Crippen LogP contribution in [0.5, 0.6) is 0 Å². The zero-order valence-electron chi connectivity index (χ0n) is 9.82. The van der Waals surface area contributed by atoms with Gasteiger partial charge >= 0.3 is 0 Å². The van der Waals surface area contributed by atoms with E-state index < -0.39 is 0 Å². The van der Waals surface area contributed by atoms with Gasteiger partial charge in [-0.2, -0.15) is 0 Å². The Kier molecular flexibility index (Phi) is 3.72. The summed E-state index contributed by atoms with van der Waals surface area (Å²) >= 11 is 0. The zero-order valence-corrected chi connectivity index (χ0v) is 9.82. The molecule has 88 valence electrons. The van der Waals surface area contributed by atoms with E-state index in [-0.39, 0.29) is 6.04 Å². The molecule has 4 heteroatoms. The van der Waals surface area contributed by atoms with Crippen molar-refractivity contribution in [1.29, 1.82) is 0 Å². The van der Waals surface area contributed by atoms with Crippen molar-refractivity contribution in [2.75, 3.05) is 5.32 Å². The van der Waals surface area contributed by atoms with E-state index in [2.05, 4.69) is 15.3 Å². The average molecular weight is 220 g/mol. The number of aryl methyl sites for hydroxylation is 1. The van der Waals surface area contributed by atoms with E-state index in [0.29, 0.717) is 6.04 Å². The number of nitrogens with zero attached hydrogens (tertiary/aromatic N) is 2. The Morgan fingerprint density at radius 3 is 2.75 bits per heavy atom. The van der Waals surface area contributed by atoms with Gasteiger partial charge in [-0.1, -0.05) is 19.3 Å². The van der Waals surface area contributed by atoms with Crippen LogP contribution in [-0.2, 0) is 0 Å². The molecule has 1 saturated carbocycles. The summed E-state index contributed by atoms with van der Waals surface area (Å²) in [5.41, 5.74) is 7.11. The van der Waals surface area contributed by atoms with Crippen LogP contribution in [0, 0.1) is 6.92 Å². The molecule has 1 aromatic rings. The van der Waals surface area contributed by atoms with Crippen molar-refractivity contribution in [2.24, 2.45) is 5.73 Å². The second-order valence-corrected chi connectivity index (χ2v) is 4.54. The molecule has 1 aliphatic rings. The molecule has 16 heavy (non-hydrogen) atoms. The Balaban J connectivity index is 2.05. The van der Waals surface area contributed by atoms with Gasteiger partial charge in [0.25, 0.3) is 0 Å². The van der Waals surface area contributed by atoms with Gasteiger partial charge in [-0.25, -0.2) is 4.98 Å². The average Bonchev–Trinajstić information content (AvgIpc) is 2.48. The molecule has 0 aliphatic heterocycles. The molecule has 0 amide bonds. The highest BCUT2D eigenvalue weighted by Gasteiger charge is 2.20. The first-order valence-corrected chi connectivity index (χ1v) is 6.07. The number of aromatic nitrogens is 2. The van der Waals surface area contributed by atoms with Crippen LogP contribution in [0.1, 0.15) is 37.8 Å². The van der Waals surface area contributed by atoms with Crippen LogP contribution in [0.15, 0.2) is 12.4 Å². The van der Waals surface area contributed by atoms with Gasteiger partial charge in [0.2, 0.25) is 0 Å². The number of rotatable bonds is 2. The quantitative estimate of drug-likeness (QED) is 0.747. The smallest absolute Gasteiger partial charge is 0.147 e. The van der Waals surface area contributed by atoms with Crippen molar-refractivity contribution in [2.45, 2.75) is 51.1 Å². The molecule has 0 spiro atoms. The van der Waals surface area contributed by atoms with Crippen molar-refractivity contribution in [3.8, 4) is 0 Å². The number of hydrogen-bond acceptors (Lipinski definition) is 4. The molecule has 2 atom stereocenters. The van der Waals surface area contributed by atoms with Gasteiger partial charge in [0, 0.05) is 24.5 Å². The van der Waals surface area contributed by atoms with E-state index in [1.807, 2.05) is 6.92 Å². The summed E-state index contributed by atoms with van der Waals surface area (Å²) in [7, 11) is 0. The van der Waals surface area contributed by atoms with E-state index in [9.17, 15) is 0 Å². The van der Waals surface area contributed by atoms with Gasteiger partial charge < -0.3 is 11.1 Å². The molecule has 2 rings (SSSR count).